The lowest BCUT2D eigenvalue weighted by molar-refractivity contribution is 0.0693. The average molecular weight is 246 g/mol. The highest BCUT2D eigenvalue weighted by atomic mass is 19.1. The fourth-order valence-corrected chi connectivity index (χ4v) is 1.81. The summed E-state index contributed by atoms with van der Waals surface area (Å²) in [5.74, 6) is -1.78. The first-order chi connectivity index (χ1) is 8.50. The van der Waals surface area contributed by atoms with E-state index in [1.54, 1.807) is 25.1 Å². The molecule has 0 aliphatic rings. The molecule has 2 rings (SSSR count). The van der Waals surface area contributed by atoms with Crippen LogP contribution in [0.25, 0.3) is 11.1 Å². The Morgan fingerprint density at radius 2 is 1.72 bits per heavy atom. The van der Waals surface area contributed by atoms with Gasteiger partial charge in [0.1, 0.15) is 17.1 Å². The van der Waals surface area contributed by atoms with Crippen LogP contribution in [0.1, 0.15) is 15.9 Å². The lowest BCUT2D eigenvalue weighted by Crippen LogP contribution is -1.98. The predicted octanol–water partition coefficient (Wildman–Crippen LogP) is 3.20. The molecule has 0 spiro atoms. The van der Waals surface area contributed by atoms with Crippen LogP contribution in [-0.2, 0) is 0 Å². The third kappa shape index (κ3) is 2.05. The van der Waals surface area contributed by atoms with Crippen molar-refractivity contribution in [2.45, 2.75) is 6.92 Å². The number of hydrogen-bond donors (Lipinski definition) is 2. The summed E-state index contributed by atoms with van der Waals surface area (Å²) in [4.78, 5) is 10.9. The standard InChI is InChI=1S/C14H11FO3/c1-8-11(9-2-4-10(15)5-3-9)6-7-12(13(8)16)14(17)18/h2-7,16H,1H3,(H,17,18). The number of benzene rings is 2. The van der Waals surface area contributed by atoms with Gasteiger partial charge in [-0.2, -0.15) is 0 Å². The Kier molecular flexibility index (Phi) is 3.02. The molecule has 0 aromatic heterocycles. The van der Waals surface area contributed by atoms with Crippen LogP contribution >= 0.6 is 0 Å². The van der Waals surface area contributed by atoms with Crippen LogP contribution < -0.4 is 0 Å². The average Bonchev–Trinajstić information content (AvgIpc) is 2.33. The number of carboxylic acid groups (broad SMARTS) is 1. The maximum absolute atomic E-state index is 12.8. The summed E-state index contributed by atoms with van der Waals surface area (Å²) >= 11 is 0. The fourth-order valence-electron chi connectivity index (χ4n) is 1.81. The number of phenols is 1. The van der Waals surface area contributed by atoms with Gasteiger partial charge >= 0.3 is 5.97 Å². The molecule has 4 heteroatoms. The van der Waals surface area contributed by atoms with Crippen LogP contribution in [0.15, 0.2) is 36.4 Å². The van der Waals surface area contributed by atoms with Crippen molar-refractivity contribution in [1.29, 1.82) is 0 Å². The second kappa shape index (κ2) is 4.49. The van der Waals surface area contributed by atoms with E-state index in [2.05, 4.69) is 0 Å². The van der Waals surface area contributed by atoms with Gasteiger partial charge in [-0.15, -0.1) is 0 Å². The summed E-state index contributed by atoms with van der Waals surface area (Å²) in [5, 5.41) is 18.7. The van der Waals surface area contributed by atoms with Gasteiger partial charge in [-0.3, -0.25) is 0 Å². The van der Waals surface area contributed by atoms with Crippen LogP contribution in [0, 0.1) is 12.7 Å². The van der Waals surface area contributed by atoms with Crippen LogP contribution in [0.5, 0.6) is 5.75 Å². The predicted molar refractivity (Wildman–Crippen MR) is 65.2 cm³/mol. The van der Waals surface area contributed by atoms with Crippen molar-refractivity contribution < 1.29 is 19.4 Å². The second-order valence-electron chi connectivity index (χ2n) is 3.95. The van der Waals surface area contributed by atoms with Gasteiger partial charge in [0.15, 0.2) is 0 Å². The van der Waals surface area contributed by atoms with E-state index in [4.69, 9.17) is 5.11 Å². The zero-order chi connectivity index (χ0) is 13.3. The maximum atomic E-state index is 12.8. The first-order valence-corrected chi connectivity index (χ1v) is 5.32. The highest BCUT2D eigenvalue weighted by molar-refractivity contribution is 5.92. The van der Waals surface area contributed by atoms with E-state index < -0.39 is 5.97 Å². The molecule has 0 aliphatic heterocycles. The van der Waals surface area contributed by atoms with E-state index in [0.717, 1.165) is 5.56 Å². The van der Waals surface area contributed by atoms with Gasteiger partial charge in [0, 0.05) is 0 Å². The molecule has 2 aromatic rings. The number of rotatable bonds is 2. The minimum atomic E-state index is -1.18. The summed E-state index contributed by atoms with van der Waals surface area (Å²) in [7, 11) is 0. The maximum Gasteiger partial charge on any atom is 0.339 e. The Labute approximate surface area is 103 Å². The molecular weight excluding hydrogens is 235 g/mol. The largest absolute Gasteiger partial charge is 0.507 e. The molecule has 0 bridgehead atoms. The van der Waals surface area contributed by atoms with Crippen LogP contribution in [0.4, 0.5) is 4.39 Å². The summed E-state index contributed by atoms with van der Waals surface area (Å²) in [6, 6.07) is 8.73. The van der Waals surface area contributed by atoms with Crippen molar-refractivity contribution in [3.05, 3.63) is 53.3 Å². The van der Waals surface area contributed by atoms with Gasteiger partial charge in [0.05, 0.1) is 0 Å². The molecule has 0 unspecified atom stereocenters. The van der Waals surface area contributed by atoms with Crippen molar-refractivity contribution in [1.82, 2.24) is 0 Å². The van der Waals surface area contributed by atoms with E-state index in [0.29, 0.717) is 11.1 Å². The highest BCUT2D eigenvalue weighted by Crippen LogP contribution is 2.32. The lowest BCUT2D eigenvalue weighted by Gasteiger charge is -2.10. The summed E-state index contributed by atoms with van der Waals surface area (Å²) in [6.45, 7) is 1.63. The number of aromatic hydroxyl groups is 1. The molecule has 0 saturated carbocycles. The van der Waals surface area contributed by atoms with Crippen LogP contribution in [0.2, 0.25) is 0 Å². The molecule has 0 saturated heterocycles. The van der Waals surface area contributed by atoms with Gasteiger partial charge in [0.25, 0.3) is 0 Å². The Hall–Kier alpha value is -2.36. The minimum absolute atomic E-state index is 0.140. The van der Waals surface area contributed by atoms with E-state index in [-0.39, 0.29) is 17.1 Å². The Balaban J connectivity index is 2.57. The van der Waals surface area contributed by atoms with Crippen molar-refractivity contribution in [2.24, 2.45) is 0 Å². The Bertz CT molecular complexity index is 603. The van der Waals surface area contributed by atoms with Gasteiger partial charge in [-0.25, -0.2) is 9.18 Å². The van der Waals surface area contributed by atoms with Gasteiger partial charge in [-0.1, -0.05) is 18.2 Å². The van der Waals surface area contributed by atoms with Gasteiger partial charge in [-0.05, 0) is 41.8 Å². The third-order valence-corrected chi connectivity index (χ3v) is 2.82. The molecule has 18 heavy (non-hydrogen) atoms. The Morgan fingerprint density at radius 3 is 2.28 bits per heavy atom. The number of halogens is 1. The van der Waals surface area contributed by atoms with E-state index >= 15 is 0 Å². The van der Waals surface area contributed by atoms with Crippen LogP contribution in [0.3, 0.4) is 0 Å². The molecule has 2 aromatic carbocycles. The van der Waals surface area contributed by atoms with Crippen LogP contribution in [-0.4, -0.2) is 16.2 Å². The quantitative estimate of drug-likeness (QED) is 0.855. The Morgan fingerprint density at radius 1 is 1.11 bits per heavy atom. The molecule has 3 nitrogen and oxygen atoms in total. The topological polar surface area (TPSA) is 57.5 Å². The first kappa shape index (κ1) is 12.1. The zero-order valence-corrected chi connectivity index (χ0v) is 9.64. The number of hydrogen-bond acceptors (Lipinski definition) is 2. The number of aromatic carboxylic acids is 1. The summed E-state index contributed by atoms with van der Waals surface area (Å²) in [5.41, 5.74) is 1.72. The highest BCUT2D eigenvalue weighted by Gasteiger charge is 2.14. The molecule has 0 atom stereocenters. The van der Waals surface area contributed by atoms with E-state index in [1.807, 2.05) is 0 Å². The first-order valence-electron chi connectivity index (χ1n) is 5.32. The molecule has 0 fully saturated rings. The fraction of sp³-hybridized carbons (Fsp3) is 0.0714. The smallest absolute Gasteiger partial charge is 0.339 e. The molecule has 2 N–H and O–H groups in total. The number of carbonyl (C=O) groups is 1. The third-order valence-electron chi connectivity index (χ3n) is 2.82. The van der Waals surface area contributed by atoms with Gasteiger partial charge in [0.2, 0.25) is 0 Å². The van der Waals surface area contributed by atoms with E-state index in [1.165, 1.54) is 18.2 Å². The van der Waals surface area contributed by atoms with Crippen molar-refractivity contribution in [3.63, 3.8) is 0 Å². The van der Waals surface area contributed by atoms with Gasteiger partial charge < -0.3 is 10.2 Å². The second-order valence-corrected chi connectivity index (χ2v) is 3.95. The number of carboxylic acids is 1. The summed E-state index contributed by atoms with van der Waals surface area (Å²) < 4.78 is 12.8. The van der Waals surface area contributed by atoms with Crippen molar-refractivity contribution in [2.75, 3.05) is 0 Å². The molecule has 0 amide bonds. The molecule has 92 valence electrons. The molecule has 0 aliphatic carbocycles. The monoisotopic (exact) mass is 246 g/mol. The molecular formula is C14H11FO3. The lowest BCUT2D eigenvalue weighted by atomic mass is 9.97. The minimum Gasteiger partial charge on any atom is -0.507 e. The SMILES string of the molecule is Cc1c(-c2ccc(F)cc2)ccc(C(=O)O)c1O. The molecule has 0 radical (unpaired) electrons. The van der Waals surface area contributed by atoms with Crippen molar-refractivity contribution in [3.8, 4) is 16.9 Å². The summed E-state index contributed by atoms with van der Waals surface area (Å²) in [6.07, 6.45) is 0. The normalized spacial score (nSPS) is 10.3. The van der Waals surface area contributed by atoms with E-state index in [9.17, 15) is 14.3 Å². The van der Waals surface area contributed by atoms with Crippen molar-refractivity contribution >= 4 is 5.97 Å². The zero-order valence-electron chi connectivity index (χ0n) is 9.64. The molecule has 0 heterocycles.